The molecule has 0 saturated heterocycles. The summed E-state index contributed by atoms with van der Waals surface area (Å²) in [5.74, 6) is 0.995. The van der Waals surface area contributed by atoms with E-state index < -0.39 is 0 Å². The number of benzene rings is 1. The van der Waals surface area contributed by atoms with Gasteiger partial charge in [0.25, 0.3) is 5.91 Å². The second kappa shape index (κ2) is 5.47. The van der Waals surface area contributed by atoms with Crippen LogP contribution in [0.2, 0.25) is 0 Å². The van der Waals surface area contributed by atoms with Crippen molar-refractivity contribution in [3.05, 3.63) is 29.8 Å². The van der Waals surface area contributed by atoms with E-state index in [1.54, 1.807) is 0 Å². The van der Waals surface area contributed by atoms with Gasteiger partial charge in [-0.25, -0.2) is 0 Å². The number of carbonyl (C=O) groups is 1. The lowest BCUT2D eigenvalue weighted by Crippen LogP contribution is -2.43. The third-order valence-electron chi connectivity index (χ3n) is 4.69. The average molecular weight is 272 g/mol. The minimum atomic E-state index is 0.180. The van der Waals surface area contributed by atoms with Crippen LogP contribution in [0.5, 0.6) is 0 Å². The van der Waals surface area contributed by atoms with E-state index in [1.807, 2.05) is 24.3 Å². The lowest BCUT2D eigenvalue weighted by molar-refractivity contribution is 0.0593. The molecule has 0 spiro atoms. The Hall–Kier alpha value is -1.51. The zero-order valence-corrected chi connectivity index (χ0v) is 12.2. The average Bonchev–Trinajstić information content (AvgIpc) is 3.26. The minimum Gasteiger partial charge on any atom is -0.399 e. The summed E-state index contributed by atoms with van der Waals surface area (Å²) < 4.78 is 0. The monoisotopic (exact) mass is 272 g/mol. The van der Waals surface area contributed by atoms with Gasteiger partial charge in [-0.1, -0.05) is 13.0 Å². The molecule has 2 fully saturated rings. The molecule has 0 bridgehead atoms. The summed E-state index contributed by atoms with van der Waals surface area (Å²) in [5, 5.41) is 0. The molecule has 0 unspecified atom stereocenters. The Labute approximate surface area is 121 Å². The molecule has 0 aromatic heterocycles. The lowest BCUT2D eigenvalue weighted by atomic mass is 9.86. The molecule has 2 N–H and O–H groups in total. The van der Waals surface area contributed by atoms with E-state index >= 15 is 0 Å². The molecule has 3 rings (SSSR count). The highest BCUT2D eigenvalue weighted by atomic mass is 16.2. The van der Waals surface area contributed by atoms with Gasteiger partial charge in [0.1, 0.15) is 0 Å². The number of hydrogen-bond donors (Lipinski definition) is 1. The van der Waals surface area contributed by atoms with E-state index in [0.717, 1.165) is 24.3 Å². The molecule has 1 amide bonds. The van der Waals surface area contributed by atoms with Crippen molar-refractivity contribution >= 4 is 11.6 Å². The van der Waals surface area contributed by atoms with Crippen LogP contribution < -0.4 is 5.73 Å². The first kappa shape index (κ1) is 13.5. The van der Waals surface area contributed by atoms with Crippen LogP contribution in [0.4, 0.5) is 5.69 Å². The predicted molar refractivity (Wildman–Crippen MR) is 81.5 cm³/mol. The van der Waals surface area contributed by atoms with E-state index in [9.17, 15) is 4.79 Å². The first-order valence-electron chi connectivity index (χ1n) is 7.83. The second-order valence-electron chi connectivity index (χ2n) is 6.48. The molecule has 0 heterocycles. The molecule has 1 aromatic carbocycles. The van der Waals surface area contributed by atoms with Gasteiger partial charge in [-0.2, -0.15) is 0 Å². The van der Waals surface area contributed by atoms with Crippen LogP contribution in [0.3, 0.4) is 0 Å². The summed E-state index contributed by atoms with van der Waals surface area (Å²) in [4.78, 5) is 15.0. The highest BCUT2D eigenvalue weighted by molar-refractivity contribution is 5.95. The lowest BCUT2D eigenvalue weighted by Gasteiger charge is -2.36. The third kappa shape index (κ3) is 2.82. The topological polar surface area (TPSA) is 46.3 Å². The molecular formula is C17H24N2O. The molecule has 2 aliphatic carbocycles. The highest BCUT2D eigenvalue weighted by Gasteiger charge is 2.38. The fourth-order valence-electron chi connectivity index (χ4n) is 3.32. The van der Waals surface area contributed by atoms with Crippen molar-refractivity contribution in [2.75, 3.05) is 5.73 Å². The molecule has 1 aromatic rings. The van der Waals surface area contributed by atoms with Crippen LogP contribution >= 0.6 is 0 Å². The summed E-state index contributed by atoms with van der Waals surface area (Å²) in [5.41, 5.74) is 7.23. The number of carbonyl (C=O) groups excluding carboxylic acids is 1. The molecular weight excluding hydrogens is 248 g/mol. The quantitative estimate of drug-likeness (QED) is 0.857. The number of amides is 1. The summed E-state index contributed by atoms with van der Waals surface area (Å²) in [6.45, 7) is 2.32. The maximum atomic E-state index is 12.8. The fourth-order valence-corrected chi connectivity index (χ4v) is 3.32. The molecule has 0 aliphatic heterocycles. The van der Waals surface area contributed by atoms with Gasteiger partial charge in [-0.3, -0.25) is 4.79 Å². The number of nitrogens with zero attached hydrogens (tertiary/aromatic N) is 1. The van der Waals surface area contributed by atoms with E-state index in [0.29, 0.717) is 17.8 Å². The maximum absolute atomic E-state index is 12.8. The van der Waals surface area contributed by atoms with Gasteiger partial charge < -0.3 is 10.6 Å². The van der Waals surface area contributed by atoms with Gasteiger partial charge in [-0.15, -0.1) is 0 Å². The number of nitrogens with two attached hydrogens (primary N) is 1. The Kier molecular flexibility index (Phi) is 3.68. The van der Waals surface area contributed by atoms with Gasteiger partial charge in [0.15, 0.2) is 0 Å². The Morgan fingerprint density at radius 2 is 1.70 bits per heavy atom. The van der Waals surface area contributed by atoms with E-state index in [-0.39, 0.29) is 5.91 Å². The Morgan fingerprint density at radius 3 is 2.25 bits per heavy atom. The molecule has 2 aliphatic rings. The number of rotatable bonds is 3. The molecule has 20 heavy (non-hydrogen) atoms. The molecule has 2 saturated carbocycles. The zero-order chi connectivity index (χ0) is 14.1. The zero-order valence-electron chi connectivity index (χ0n) is 12.2. The Balaban J connectivity index is 1.78. The van der Waals surface area contributed by atoms with Crippen LogP contribution in [-0.2, 0) is 0 Å². The normalized spacial score (nSPS) is 26.2. The summed E-state index contributed by atoms with van der Waals surface area (Å²) in [6.07, 6.45) is 7.15. The van der Waals surface area contributed by atoms with Crippen LogP contribution in [0.15, 0.2) is 24.3 Å². The summed E-state index contributed by atoms with van der Waals surface area (Å²) in [7, 11) is 0. The predicted octanol–water partition coefficient (Wildman–Crippen LogP) is 3.45. The van der Waals surface area contributed by atoms with Crippen molar-refractivity contribution in [2.45, 2.75) is 57.5 Å². The first-order valence-corrected chi connectivity index (χ1v) is 7.83. The molecule has 3 nitrogen and oxygen atoms in total. The van der Waals surface area contributed by atoms with Crippen LogP contribution in [0.25, 0.3) is 0 Å². The van der Waals surface area contributed by atoms with Crippen molar-refractivity contribution in [1.82, 2.24) is 4.90 Å². The fraction of sp³-hybridized carbons (Fsp3) is 0.588. The number of nitrogen functional groups attached to an aromatic ring is 1. The van der Waals surface area contributed by atoms with Crippen LogP contribution in [0.1, 0.15) is 55.8 Å². The van der Waals surface area contributed by atoms with Gasteiger partial charge in [0.2, 0.25) is 0 Å². The third-order valence-corrected chi connectivity index (χ3v) is 4.69. The van der Waals surface area contributed by atoms with Crippen molar-refractivity contribution in [1.29, 1.82) is 0 Å². The van der Waals surface area contributed by atoms with Crippen molar-refractivity contribution in [3.63, 3.8) is 0 Å². The van der Waals surface area contributed by atoms with Gasteiger partial charge in [0.05, 0.1) is 0 Å². The van der Waals surface area contributed by atoms with E-state index in [2.05, 4.69) is 11.8 Å². The summed E-state index contributed by atoms with van der Waals surface area (Å²) >= 11 is 0. The van der Waals surface area contributed by atoms with Gasteiger partial charge in [-0.05, 0) is 62.6 Å². The summed E-state index contributed by atoms with van der Waals surface area (Å²) in [6, 6.07) is 8.31. The van der Waals surface area contributed by atoms with Gasteiger partial charge in [0, 0.05) is 23.3 Å². The number of hydrogen-bond acceptors (Lipinski definition) is 2. The smallest absolute Gasteiger partial charge is 0.254 e. The van der Waals surface area contributed by atoms with Gasteiger partial charge >= 0.3 is 0 Å². The largest absolute Gasteiger partial charge is 0.399 e. The van der Waals surface area contributed by atoms with Crippen molar-refractivity contribution in [2.24, 2.45) is 5.92 Å². The van der Waals surface area contributed by atoms with Crippen LogP contribution in [0, 0.1) is 5.92 Å². The SMILES string of the molecule is CC1CCC(N(C(=O)c2cccc(N)c2)C2CC2)CC1. The number of anilines is 1. The maximum Gasteiger partial charge on any atom is 0.254 e. The van der Waals surface area contributed by atoms with Crippen LogP contribution in [-0.4, -0.2) is 22.9 Å². The Morgan fingerprint density at radius 1 is 1.10 bits per heavy atom. The molecule has 3 heteroatoms. The molecule has 0 atom stereocenters. The molecule has 0 radical (unpaired) electrons. The Bertz CT molecular complexity index is 488. The highest BCUT2D eigenvalue weighted by Crippen LogP contribution is 2.36. The van der Waals surface area contributed by atoms with Crippen molar-refractivity contribution in [3.8, 4) is 0 Å². The van der Waals surface area contributed by atoms with Crippen molar-refractivity contribution < 1.29 is 4.79 Å². The first-order chi connectivity index (χ1) is 9.65. The molecule has 108 valence electrons. The second-order valence-corrected chi connectivity index (χ2v) is 6.48. The van der Waals surface area contributed by atoms with E-state index in [4.69, 9.17) is 5.73 Å². The van der Waals surface area contributed by atoms with E-state index in [1.165, 1.54) is 25.7 Å². The standard InChI is InChI=1S/C17H24N2O/c1-12-5-7-15(8-6-12)19(16-9-10-16)17(20)13-3-2-4-14(18)11-13/h2-4,11-12,15-16H,5-10,18H2,1H3. The minimum absolute atomic E-state index is 0.180.